The largest absolute Gasteiger partial charge is 0.343 e. The highest BCUT2D eigenvalue weighted by Crippen LogP contribution is 2.24. The molecule has 76 valence electrons. The summed E-state index contributed by atoms with van der Waals surface area (Å²) in [4.78, 5) is 13.4. The lowest BCUT2D eigenvalue weighted by molar-refractivity contribution is -0.127. The molecule has 1 heterocycles. The van der Waals surface area contributed by atoms with E-state index in [-0.39, 0.29) is 0 Å². The Morgan fingerprint density at radius 2 is 2.38 bits per heavy atom. The molecule has 1 aliphatic rings. The van der Waals surface area contributed by atoms with Crippen LogP contribution in [0.15, 0.2) is 0 Å². The van der Waals surface area contributed by atoms with Gasteiger partial charge in [0.25, 0.3) is 0 Å². The van der Waals surface area contributed by atoms with Gasteiger partial charge in [-0.3, -0.25) is 4.79 Å². The van der Waals surface area contributed by atoms with Crippen molar-refractivity contribution in [2.24, 2.45) is 11.8 Å². The molecule has 2 unspecified atom stereocenters. The van der Waals surface area contributed by atoms with Gasteiger partial charge in [-0.05, 0) is 32.4 Å². The van der Waals surface area contributed by atoms with Gasteiger partial charge >= 0.3 is 0 Å². The van der Waals surface area contributed by atoms with E-state index < -0.39 is 0 Å². The average Bonchev–Trinajstić information content (AvgIpc) is 2.47. The molecular weight excluding hydrogens is 164 g/mol. The van der Waals surface area contributed by atoms with E-state index in [0.29, 0.717) is 17.7 Å². The molecular formula is C10H20N2O. The predicted octanol–water partition coefficient (Wildman–Crippen LogP) is 0.710. The summed E-state index contributed by atoms with van der Waals surface area (Å²) >= 11 is 0. The number of hydrogen-bond acceptors (Lipinski definition) is 2. The Morgan fingerprint density at radius 3 is 2.85 bits per heavy atom. The Balaban J connectivity index is 2.43. The van der Waals surface area contributed by atoms with Crippen LogP contribution in [0.4, 0.5) is 0 Å². The van der Waals surface area contributed by atoms with E-state index >= 15 is 0 Å². The molecule has 3 heteroatoms. The lowest BCUT2D eigenvalue weighted by Crippen LogP contribution is -2.27. The number of amides is 1. The van der Waals surface area contributed by atoms with Crippen molar-refractivity contribution in [3.8, 4) is 0 Å². The van der Waals surface area contributed by atoms with Gasteiger partial charge in [0.05, 0.1) is 0 Å². The van der Waals surface area contributed by atoms with Crippen LogP contribution < -0.4 is 5.32 Å². The molecule has 0 aliphatic carbocycles. The van der Waals surface area contributed by atoms with Gasteiger partial charge in [-0.25, -0.2) is 0 Å². The van der Waals surface area contributed by atoms with Gasteiger partial charge in [-0.2, -0.15) is 0 Å². The summed E-state index contributed by atoms with van der Waals surface area (Å²) in [5, 5.41) is 3.16. The predicted molar refractivity (Wildman–Crippen MR) is 53.5 cm³/mol. The third-order valence-corrected chi connectivity index (χ3v) is 2.96. The second-order valence-corrected chi connectivity index (χ2v) is 3.93. The molecule has 1 amide bonds. The maximum Gasteiger partial charge on any atom is 0.222 e. The summed E-state index contributed by atoms with van der Waals surface area (Å²) < 4.78 is 0. The van der Waals surface area contributed by atoms with Gasteiger partial charge in [-0.1, -0.05) is 6.92 Å². The van der Waals surface area contributed by atoms with Crippen molar-refractivity contribution in [2.45, 2.75) is 20.3 Å². The Labute approximate surface area is 80.5 Å². The Morgan fingerprint density at radius 1 is 1.69 bits per heavy atom. The maximum absolute atomic E-state index is 11.4. The average molecular weight is 184 g/mol. The van der Waals surface area contributed by atoms with E-state index in [1.165, 1.54) is 0 Å². The Bertz CT molecular complexity index is 182. The van der Waals surface area contributed by atoms with Crippen LogP contribution in [0.2, 0.25) is 0 Å². The van der Waals surface area contributed by atoms with Gasteiger partial charge < -0.3 is 10.2 Å². The van der Waals surface area contributed by atoms with Crippen molar-refractivity contribution < 1.29 is 4.79 Å². The second kappa shape index (κ2) is 4.61. The Kier molecular flexibility index (Phi) is 3.72. The van der Waals surface area contributed by atoms with Crippen molar-refractivity contribution in [3.63, 3.8) is 0 Å². The molecule has 0 aromatic carbocycles. The van der Waals surface area contributed by atoms with Gasteiger partial charge in [-0.15, -0.1) is 0 Å². The van der Waals surface area contributed by atoms with E-state index in [9.17, 15) is 4.79 Å². The molecule has 0 bridgehead atoms. The SMILES string of the molecule is CCN1CC(C(C)CNC)CC1=O. The van der Waals surface area contributed by atoms with Crippen LogP contribution in [0.5, 0.6) is 0 Å². The van der Waals surface area contributed by atoms with Crippen LogP contribution in [0.3, 0.4) is 0 Å². The van der Waals surface area contributed by atoms with Crippen molar-refractivity contribution >= 4 is 5.91 Å². The smallest absolute Gasteiger partial charge is 0.222 e. The highest BCUT2D eigenvalue weighted by molar-refractivity contribution is 5.78. The summed E-state index contributed by atoms with van der Waals surface area (Å²) in [5.41, 5.74) is 0. The number of nitrogens with zero attached hydrogens (tertiary/aromatic N) is 1. The molecule has 0 saturated carbocycles. The molecule has 0 aromatic heterocycles. The quantitative estimate of drug-likeness (QED) is 0.698. The lowest BCUT2D eigenvalue weighted by atomic mass is 9.93. The molecule has 2 atom stereocenters. The topological polar surface area (TPSA) is 32.3 Å². The van der Waals surface area contributed by atoms with Crippen LogP contribution in [-0.4, -0.2) is 37.5 Å². The minimum absolute atomic E-state index is 0.329. The number of likely N-dealkylation sites (tertiary alicyclic amines) is 1. The summed E-state index contributed by atoms with van der Waals surface area (Å²) in [6.45, 7) is 7.09. The standard InChI is InChI=1S/C10H20N2O/c1-4-12-7-9(5-10(12)13)8(2)6-11-3/h8-9,11H,4-7H2,1-3H3. The molecule has 3 nitrogen and oxygen atoms in total. The molecule has 0 radical (unpaired) electrons. The van der Waals surface area contributed by atoms with Crippen LogP contribution in [-0.2, 0) is 4.79 Å². The van der Waals surface area contributed by atoms with E-state index in [2.05, 4.69) is 12.2 Å². The van der Waals surface area contributed by atoms with E-state index in [0.717, 1.165) is 26.1 Å². The number of rotatable bonds is 4. The van der Waals surface area contributed by atoms with Gasteiger partial charge in [0.15, 0.2) is 0 Å². The fourth-order valence-electron chi connectivity index (χ4n) is 1.98. The van der Waals surface area contributed by atoms with Gasteiger partial charge in [0, 0.05) is 19.5 Å². The summed E-state index contributed by atoms with van der Waals surface area (Å²) in [5.74, 6) is 1.49. The zero-order chi connectivity index (χ0) is 9.84. The minimum Gasteiger partial charge on any atom is -0.343 e. The fraction of sp³-hybridized carbons (Fsp3) is 0.900. The van der Waals surface area contributed by atoms with E-state index in [1.54, 1.807) is 0 Å². The number of carbonyl (C=O) groups excluding carboxylic acids is 1. The number of carbonyl (C=O) groups is 1. The van der Waals surface area contributed by atoms with Crippen LogP contribution >= 0.6 is 0 Å². The molecule has 1 fully saturated rings. The maximum atomic E-state index is 11.4. The van der Waals surface area contributed by atoms with Crippen molar-refractivity contribution in [1.29, 1.82) is 0 Å². The third-order valence-electron chi connectivity index (χ3n) is 2.96. The van der Waals surface area contributed by atoms with Crippen molar-refractivity contribution in [1.82, 2.24) is 10.2 Å². The zero-order valence-corrected chi connectivity index (χ0v) is 8.84. The molecule has 0 spiro atoms. The first kappa shape index (κ1) is 10.5. The zero-order valence-electron chi connectivity index (χ0n) is 8.84. The molecule has 1 saturated heterocycles. The minimum atomic E-state index is 0.329. The summed E-state index contributed by atoms with van der Waals surface area (Å²) in [6, 6.07) is 0. The highest BCUT2D eigenvalue weighted by Gasteiger charge is 2.31. The highest BCUT2D eigenvalue weighted by atomic mass is 16.2. The second-order valence-electron chi connectivity index (χ2n) is 3.93. The summed E-state index contributed by atoms with van der Waals surface area (Å²) in [7, 11) is 1.96. The first-order chi connectivity index (χ1) is 6.19. The monoisotopic (exact) mass is 184 g/mol. The van der Waals surface area contributed by atoms with E-state index in [1.807, 2.05) is 18.9 Å². The normalized spacial score (nSPS) is 25.3. The molecule has 1 N–H and O–H groups in total. The first-order valence-corrected chi connectivity index (χ1v) is 5.11. The van der Waals surface area contributed by atoms with Crippen molar-refractivity contribution in [2.75, 3.05) is 26.7 Å². The number of nitrogens with one attached hydrogen (secondary N) is 1. The Hall–Kier alpha value is -0.570. The van der Waals surface area contributed by atoms with Gasteiger partial charge in [0.2, 0.25) is 5.91 Å². The van der Waals surface area contributed by atoms with Crippen molar-refractivity contribution in [3.05, 3.63) is 0 Å². The molecule has 1 aliphatic heterocycles. The first-order valence-electron chi connectivity index (χ1n) is 5.11. The number of hydrogen-bond donors (Lipinski definition) is 1. The molecule has 1 rings (SSSR count). The lowest BCUT2D eigenvalue weighted by Gasteiger charge is -2.18. The van der Waals surface area contributed by atoms with E-state index in [4.69, 9.17) is 0 Å². The molecule has 13 heavy (non-hydrogen) atoms. The van der Waals surface area contributed by atoms with Crippen LogP contribution in [0.1, 0.15) is 20.3 Å². The summed E-state index contributed by atoms with van der Waals surface area (Å²) in [6.07, 6.45) is 0.747. The third kappa shape index (κ3) is 2.44. The van der Waals surface area contributed by atoms with Gasteiger partial charge in [0.1, 0.15) is 0 Å². The van der Waals surface area contributed by atoms with Crippen LogP contribution in [0, 0.1) is 11.8 Å². The van der Waals surface area contributed by atoms with Crippen LogP contribution in [0.25, 0.3) is 0 Å². The fourth-order valence-corrected chi connectivity index (χ4v) is 1.98. The molecule has 0 aromatic rings.